The summed E-state index contributed by atoms with van der Waals surface area (Å²) in [6, 6.07) is 8.61. The topological polar surface area (TPSA) is 27.8 Å². The maximum Gasteiger partial charge on any atom is 0.0458 e. The summed E-state index contributed by atoms with van der Waals surface area (Å²) in [4.78, 5) is 3.48. The number of benzene rings is 1. The number of aromatic nitrogens is 1. The van der Waals surface area contributed by atoms with Gasteiger partial charge in [0, 0.05) is 23.1 Å². The summed E-state index contributed by atoms with van der Waals surface area (Å²) in [6.07, 6.45) is 1.27. The van der Waals surface area contributed by atoms with Crippen LogP contribution in [0.3, 0.4) is 0 Å². The van der Waals surface area contributed by atoms with Crippen molar-refractivity contribution in [1.29, 1.82) is 0 Å². The number of para-hydroxylation sites is 1. The first-order chi connectivity index (χ1) is 7.36. The fraction of sp³-hybridized carbons (Fsp3) is 0.385. The minimum absolute atomic E-state index is 0. The maximum absolute atomic E-state index is 3.48. The van der Waals surface area contributed by atoms with E-state index in [1.165, 1.54) is 28.6 Å². The number of nitrogens with one attached hydrogen (secondary N) is 2. The van der Waals surface area contributed by atoms with Crippen molar-refractivity contribution in [2.75, 3.05) is 13.1 Å². The van der Waals surface area contributed by atoms with Crippen LogP contribution in [0.25, 0.3) is 10.9 Å². The minimum atomic E-state index is 0. The van der Waals surface area contributed by atoms with Crippen molar-refractivity contribution in [3.8, 4) is 0 Å². The van der Waals surface area contributed by atoms with Crippen LogP contribution < -0.4 is 5.32 Å². The SMILES string of the molecule is Cc1[nH]c2ccccc2c1C1CCNC1.Cl. The smallest absolute Gasteiger partial charge is 0.0458 e. The molecular weight excluding hydrogens is 220 g/mol. The molecule has 16 heavy (non-hydrogen) atoms. The summed E-state index contributed by atoms with van der Waals surface area (Å²) in [5, 5.41) is 4.84. The van der Waals surface area contributed by atoms with Crippen molar-refractivity contribution < 1.29 is 0 Å². The van der Waals surface area contributed by atoms with Crippen LogP contribution in [0.2, 0.25) is 0 Å². The first-order valence-electron chi connectivity index (χ1n) is 5.64. The predicted molar refractivity (Wildman–Crippen MR) is 70.5 cm³/mol. The molecule has 0 aliphatic carbocycles. The molecule has 86 valence electrons. The van der Waals surface area contributed by atoms with Crippen molar-refractivity contribution in [1.82, 2.24) is 10.3 Å². The summed E-state index contributed by atoms with van der Waals surface area (Å²) >= 11 is 0. The Bertz CT molecular complexity index is 484. The molecule has 1 saturated heterocycles. The van der Waals surface area contributed by atoms with Gasteiger partial charge in [0.05, 0.1) is 0 Å². The van der Waals surface area contributed by atoms with Crippen LogP contribution in [0.4, 0.5) is 0 Å². The molecule has 2 heterocycles. The van der Waals surface area contributed by atoms with E-state index in [1.807, 2.05) is 0 Å². The number of hydrogen-bond donors (Lipinski definition) is 2. The molecule has 2 N–H and O–H groups in total. The molecule has 0 bridgehead atoms. The van der Waals surface area contributed by atoms with E-state index >= 15 is 0 Å². The molecule has 2 nitrogen and oxygen atoms in total. The van der Waals surface area contributed by atoms with Crippen molar-refractivity contribution in [2.45, 2.75) is 19.3 Å². The van der Waals surface area contributed by atoms with E-state index < -0.39 is 0 Å². The average molecular weight is 237 g/mol. The third kappa shape index (κ3) is 1.72. The van der Waals surface area contributed by atoms with Crippen LogP contribution in [-0.2, 0) is 0 Å². The molecule has 0 amide bonds. The molecule has 0 radical (unpaired) electrons. The average Bonchev–Trinajstić information content (AvgIpc) is 2.82. The lowest BCUT2D eigenvalue weighted by Crippen LogP contribution is -2.08. The van der Waals surface area contributed by atoms with Crippen LogP contribution in [0.15, 0.2) is 24.3 Å². The molecule has 3 heteroatoms. The van der Waals surface area contributed by atoms with Crippen molar-refractivity contribution >= 4 is 23.3 Å². The molecule has 1 aliphatic heterocycles. The van der Waals surface area contributed by atoms with Gasteiger partial charge >= 0.3 is 0 Å². The van der Waals surface area contributed by atoms with Crippen molar-refractivity contribution in [2.24, 2.45) is 0 Å². The second-order valence-corrected chi connectivity index (χ2v) is 4.40. The quantitative estimate of drug-likeness (QED) is 0.783. The first kappa shape index (κ1) is 11.5. The molecule has 1 fully saturated rings. The van der Waals surface area contributed by atoms with Gasteiger partial charge in [-0.1, -0.05) is 18.2 Å². The van der Waals surface area contributed by atoms with E-state index in [4.69, 9.17) is 0 Å². The molecule has 0 saturated carbocycles. The number of halogens is 1. The highest BCUT2D eigenvalue weighted by Crippen LogP contribution is 2.32. The van der Waals surface area contributed by atoms with Gasteiger partial charge in [-0.25, -0.2) is 0 Å². The molecular formula is C13H17ClN2. The van der Waals surface area contributed by atoms with E-state index in [9.17, 15) is 0 Å². The number of aryl methyl sites for hydroxylation is 1. The largest absolute Gasteiger partial charge is 0.358 e. The zero-order valence-corrected chi connectivity index (χ0v) is 10.2. The summed E-state index contributed by atoms with van der Waals surface area (Å²) in [7, 11) is 0. The van der Waals surface area contributed by atoms with Gasteiger partial charge in [-0.3, -0.25) is 0 Å². The normalized spacial score (nSPS) is 19.9. The predicted octanol–water partition coefficient (Wildman–Crippen LogP) is 2.98. The van der Waals surface area contributed by atoms with Gasteiger partial charge in [-0.05, 0) is 37.4 Å². The van der Waals surface area contributed by atoms with Crippen molar-refractivity contribution in [3.05, 3.63) is 35.5 Å². The van der Waals surface area contributed by atoms with Crippen LogP contribution in [-0.4, -0.2) is 18.1 Å². The summed E-state index contributed by atoms with van der Waals surface area (Å²) in [5.41, 5.74) is 4.14. The zero-order chi connectivity index (χ0) is 10.3. The molecule has 1 aromatic heterocycles. The Kier molecular flexibility index (Phi) is 3.22. The van der Waals surface area contributed by atoms with E-state index in [0.717, 1.165) is 13.1 Å². The standard InChI is InChI=1S/C13H16N2.ClH/c1-9-13(10-6-7-14-8-10)11-4-2-3-5-12(11)15-9;/h2-5,10,14-15H,6-8H2,1H3;1H. The van der Waals surface area contributed by atoms with Crippen molar-refractivity contribution in [3.63, 3.8) is 0 Å². The van der Waals surface area contributed by atoms with Gasteiger partial charge < -0.3 is 10.3 Å². The monoisotopic (exact) mass is 236 g/mol. The first-order valence-corrected chi connectivity index (χ1v) is 5.64. The third-order valence-corrected chi connectivity index (χ3v) is 3.41. The molecule has 0 spiro atoms. The van der Waals surface area contributed by atoms with Crippen LogP contribution >= 0.6 is 12.4 Å². The Morgan fingerprint density at radius 3 is 2.81 bits per heavy atom. The molecule has 1 atom stereocenters. The maximum atomic E-state index is 3.48. The third-order valence-electron chi connectivity index (χ3n) is 3.41. The van der Waals surface area contributed by atoms with Gasteiger partial charge in [0.1, 0.15) is 0 Å². The molecule has 3 rings (SSSR count). The van der Waals surface area contributed by atoms with E-state index in [1.54, 1.807) is 0 Å². The molecule has 1 unspecified atom stereocenters. The van der Waals surface area contributed by atoms with Gasteiger partial charge in [-0.2, -0.15) is 0 Å². The summed E-state index contributed by atoms with van der Waals surface area (Å²) in [6.45, 7) is 4.47. The van der Waals surface area contributed by atoms with Gasteiger partial charge in [0.2, 0.25) is 0 Å². The summed E-state index contributed by atoms with van der Waals surface area (Å²) in [5.74, 6) is 0.696. The number of hydrogen-bond acceptors (Lipinski definition) is 1. The Morgan fingerprint density at radius 1 is 1.25 bits per heavy atom. The fourth-order valence-corrected chi connectivity index (χ4v) is 2.73. The minimum Gasteiger partial charge on any atom is -0.358 e. The van der Waals surface area contributed by atoms with E-state index in [-0.39, 0.29) is 12.4 Å². The Balaban J connectivity index is 0.000000963. The summed E-state index contributed by atoms with van der Waals surface area (Å²) < 4.78 is 0. The molecule has 2 aromatic rings. The van der Waals surface area contributed by atoms with Crippen LogP contribution in [0.5, 0.6) is 0 Å². The van der Waals surface area contributed by atoms with Gasteiger partial charge in [0.25, 0.3) is 0 Å². The van der Waals surface area contributed by atoms with E-state index in [2.05, 4.69) is 41.5 Å². The number of aromatic amines is 1. The lowest BCUT2D eigenvalue weighted by Gasteiger charge is -2.08. The second-order valence-electron chi connectivity index (χ2n) is 4.40. The highest BCUT2D eigenvalue weighted by atomic mass is 35.5. The fourth-order valence-electron chi connectivity index (χ4n) is 2.73. The van der Waals surface area contributed by atoms with Crippen LogP contribution in [0.1, 0.15) is 23.6 Å². The van der Waals surface area contributed by atoms with Gasteiger partial charge in [0.15, 0.2) is 0 Å². The zero-order valence-electron chi connectivity index (χ0n) is 9.42. The number of fused-ring (bicyclic) bond motifs is 1. The molecule has 1 aromatic carbocycles. The lowest BCUT2D eigenvalue weighted by atomic mass is 9.95. The Labute approximate surface area is 102 Å². The Morgan fingerprint density at radius 2 is 2.06 bits per heavy atom. The highest BCUT2D eigenvalue weighted by molar-refractivity contribution is 5.85. The lowest BCUT2D eigenvalue weighted by molar-refractivity contribution is 0.763. The molecule has 1 aliphatic rings. The second kappa shape index (κ2) is 4.48. The van der Waals surface area contributed by atoms with E-state index in [0.29, 0.717) is 5.92 Å². The number of rotatable bonds is 1. The van der Waals surface area contributed by atoms with Crippen LogP contribution in [0, 0.1) is 6.92 Å². The number of H-pyrrole nitrogens is 1. The highest BCUT2D eigenvalue weighted by Gasteiger charge is 2.21. The Hall–Kier alpha value is -0.990. The van der Waals surface area contributed by atoms with Gasteiger partial charge in [-0.15, -0.1) is 12.4 Å².